The van der Waals surface area contributed by atoms with Crippen LogP contribution >= 0.6 is 0 Å². The summed E-state index contributed by atoms with van der Waals surface area (Å²) in [7, 11) is -0.655. The summed E-state index contributed by atoms with van der Waals surface area (Å²) in [6.07, 6.45) is 1.02. The SMILES string of the molecule is COC(=O)c1cnn(C)c1S(=O)(=O)NC(=O)Nc1nc(C)cc(OC)n1. The highest BCUT2D eigenvalue weighted by molar-refractivity contribution is 7.90. The van der Waals surface area contributed by atoms with Crippen LogP contribution in [0.5, 0.6) is 5.88 Å². The van der Waals surface area contributed by atoms with Crippen LogP contribution in [-0.4, -0.2) is 54.4 Å². The number of hydrogen-bond donors (Lipinski definition) is 2. The molecule has 2 N–H and O–H groups in total. The van der Waals surface area contributed by atoms with E-state index in [9.17, 15) is 18.0 Å². The number of hydrogen-bond acceptors (Lipinski definition) is 9. The molecule has 140 valence electrons. The Morgan fingerprint density at radius 2 is 1.92 bits per heavy atom. The number of aromatic nitrogens is 4. The molecule has 0 atom stereocenters. The van der Waals surface area contributed by atoms with Crippen molar-refractivity contribution in [2.75, 3.05) is 19.5 Å². The van der Waals surface area contributed by atoms with Gasteiger partial charge in [-0.05, 0) is 6.92 Å². The normalized spacial score (nSPS) is 10.9. The van der Waals surface area contributed by atoms with Crippen molar-refractivity contribution < 1.29 is 27.5 Å². The molecule has 0 aliphatic carbocycles. The summed E-state index contributed by atoms with van der Waals surface area (Å²) in [5.41, 5.74) is 0.179. The van der Waals surface area contributed by atoms with Crippen molar-refractivity contribution in [2.24, 2.45) is 7.05 Å². The maximum Gasteiger partial charge on any atom is 0.342 e. The summed E-state index contributed by atoms with van der Waals surface area (Å²) in [5, 5.41) is 5.36. The van der Waals surface area contributed by atoms with Crippen molar-refractivity contribution in [2.45, 2.75) is 11.9 Å². The molecule has 0 aromatic carbocycles. The summed E-state index contributed by atoms with van der Waals surface area (Å²) in [6.45, 7) is 1.64. The van der Waals surface area contributed by atoms with Gasteiger partial charge in [-0.25, -0.2) is 19.3 Å². The average Bonchev–Trinajstić information content (AvgIpc) is 2.95. The number of nitrogens with one attached hydrogen (secondary N) is 2. The van der Waals surface area contributed by atoms with E-state index in [1.54, 1.807) is 11.6 Å². The number of aryl methyl sites for hydroxylation is 2. The molecule has 2 rings (SSSR count). The Morgan fingerprint density at radius 3 is 2.54 bits per heavy atom. The minimum atomic E-state index is -4.43. The van der Waals surface area contributed by atoms with E-state index in [0.29, 0.717) is 5.69 Å². The molecule has 12 nitrogen and oxygen atoms in total. The second-order valence-electron chi connectivity index (χ2n) is 4.91. The molecule has 2 aromatic heterocycles. The Morgan fingerprint density at radius 1 is 1.23 bits per heavy atom. The third-order valence-electron chi connectivity index (χ3n) is 3.04. The average molecular weight is 384 g/mol. The zero-order valence-corrected chi connectivity index (χ0v) is 15.1. The van der Waals surface area contributed by atoms with Crippen LogP contribution < -0.4 is 14.8 Å². The van der Waals surface area contributed by atoms with Crippen LogP contribution in [0.2, 0.25) is 0 Å². The molecule has 0 fully saturated rings. The molecule has 0 aliphatic heterocycles. The zero-order valence-electron chi connectivity index (χ0n) is 14.3. The van der Waals surface area contributed by atoms with E-state index >= 15 is 0 Å². The van der Waals surface area contributed by atoms with Crippen LogP contribution in [0, 0.1) is 6.92 Å². The van der Waals surface area contributed by atoms with Gasteiger partial charge in [0, 0.05) is 18.8 Å². The number of ether oxygens (including phenoxy) is 2. The molecule has 0 spiro atoms. The van der Waals surface area contributed by atoms with Crippen LogP contribution in [-0.2, 0) is 21.8 Å². The number of carbonyl (C=O) groups excluding carboxylic acids is 2. The topological polar surface area (TPSA) is 154 Å². The lowest BCUT2D eigenvalue weighted by molar-refractivity contribution is 0.0595. The van der Waals surface area contributed by atoms with Gasteiger partial charge >= 0.3 is 12.0 Å². The Kier molecular flexibility index (Phi) is 5.40. The van der Waals surface area contributed by atoms with Crippen LogP contribution in [0.4, 0.5) is 10.7 Å². The maximum absolute atomic E-state index is 12.4. The fourth-order valence-electron chi connectivity index (χ4n) is 1.99. The Bertz CT molecular complexity index is 954. The molecule has 13 heteroatoms. The van der Waals surface area contributed by atoms with Gasteiger partial charge in [0.1, 0.15) is 5.56 Å². The monoisotopic (exact) mass is 384 g/mol. The second-order valence-corrected chi connectivity index (χ2v) is 6.51. The molecule has 2 amide bonds. The number of rotatable bonds is 5. The number of anilines is 1. The number of amides is 2. The first-order valence-electron chi connectivity index (χ1n) is 7.01. The first-order valence-corrected chi connectivity index (χ1v) is 8.50. The maximum atomic E-state index is 12.4. The van der Waals surface area contributed by atoms with Gasteiger partial charge in [0.25, 0.3) is 10.0 Å². The molecule has 2 aromatic rings. The van der Waals surface area contributed by atoms with E-state index in [4.69, 9.17) is 4.74 Å². The lowest BCUT2D eigenvalue weighted by Gasteiger charge is -2.10. The van der Waals surface area contributed by atoms with Gasteiger partial charge in [0.15, 0.2) is 5.03 Å². The highest BCUT2D eigenvalue weighted by Crippen LogP contribution is 2.16. The van der Waals surface area contributed by atoms with Crippen molar-refractivity contribution in [1.29, 1.82) is 0 Å². The fourth-order valence-corrected chi connectivity index (χ4v) is 3.20. The number of sulfonamides is 1. The largest absolute Gasteiger partial charge is 0.481 e. The van der Waals surface area contributed by atoms with E-state index in [0.717, 1.165) is 18.0 Å². The summed E-state index contributed by atoms with van der Waals surface area (Å²) in [6, 6.07) is 0.396. The van der Waals surface area contributed by atoms with E-state index in [-0.39, 0.29) is 17.4 Å². The molecule has 0 unspecified atom stereocenters. The van der Waals surface area contributed by atoms with Crippen molar-refractivity contribution >= 4 is 28.0 Å². The van der Waals surface area contributed by atoms with Gasteiger partial charge in [-0.1, -0.05) is 0 Å². The van der Waals surface area contributed by atoms with Crippen molar-refractivity contribution in [1.82, 2.24) is 24.5 Å². The molecule has 0 saturated carbocycles. The third-order valence-corrected chi connectivity index (χ3v) is 4.48. The summed E-state index contributed by atoms with van der Waals surface area (Å²) in [4.78, 5) is 31.5. The van der Waals surface area contributed by atoms with Crippen molar-refractivity contribution in [3.8, 4) is 5.88 Å². The summed E-state index contributed by atoms with van der Waals surface area (Å²) < 4.78 is 37.0. The lowest BCUT2D eigenvalue weighted by atomic mass is 10.4. The Labute approximate surface area is 148 Å². The first kappa shape index (κ1) is 19.1. The summed E-state index contributed by atoms with van der Waals surface area (Å²) in [5.74, 6) is -0.881. The molecule has 0 saturated heterocycles. The number of nitrogens with zero attached hydrogens (tertiary/aromatic N) is 4. The van der Waals surface area contributed by atoms with E-state index in [2.05, 4.69) is 25.1 Å². The predicted molar refractivity (Wildman–Crippen MR) is 87.2 cm³/mol. The third kappa shape index (κ3) is 4.05. The van der Waals surface area contributed by atoms with E-state index in [1.165, 1.54) is 20.2 Å². The fraction of sp³-hybridized carbons (Fsp3) is 0.308. The van der Waals surface area contributed by atoms with Gasteiger partial charge in [-0.3, -0.25) is 10.00 Å². The standard InChI is InChI=1S/C13H16N6O6S/c1-7-5-9(24-3)16-12(15-7)17-13(21)18-26(22,23)10-8(11(20)25-4)6-14-19(10)2/h5-6H,1-4H3,(H2,15,16,17,18,21). The van der Waals surface area contributed by atoms with Gasteiger partial charge in [-0.15, -0.1) is 0 Å². The first-order chi connectivity index (χ1) is 12.2. The molecule has 0 aliphatic rings. The molecule has 2 heterocycles. The molecular weight excluding hydrogens is 368 g/mol. The highest BCUT2D eigenvalue weighted by Gasteiger charge is 2.29. The molecule has 26 heavy (non-hydrogen) atoms. The van der Waals surface area contributed by atoms with E-state index < -0.39 is 27.0 Å². The molecular formula is C13H16N6O6S. The molecule has 0 bridgehead atoms. The predicted octanol–water partition coefficient (Wildman–Crippen LogP) is -0.176. The Balaban J connectivity index is 2.25. The number of urea groups is 1. The number of carbonyl (C=O) groups is 2. The zero-order chi connectivity index (χ0) is 19.5. The van der Waals surface area contributed by atoms with Crippen LogP contribution in [0.15, 0.2) is 17.3 Å². The van der Waals surface area contributed by atoms with E-state index in [1.807, 2.05) is 0 Å². The van der Waals surface area contributed by atoms with Crippen molar-refractivity contribution in [3.63, 3.8) is 0 Å². The number of esters is 1. The minimum absolute atomic E-state index is 0.159. The van der Waals surface area contributed by atoms with Crippen LogP contribution in [0.3, 0.4) is 0 Å². The Hall–Kier alpha value is -3.22. The van der Waals surface area contributed by atoms with Gasteiger partial charge in [0.05, 0.1) is 20.4 Å². The number of methoxy groups -OCH3 is 2. The smallest absolute Gasteiger partial charge is 0.342 e. The molecule has 0 radical (unpaired) electrons. The lowest BCUT2D eigenvalue weighted by Crippen LogP contribution is -2.36. The van der Waals surface area contributed by atoms with Crippen LogP contribution in [0.25, 0.3) is 0 Å². The van der Waals surface area contributed by atoms with Crippen LogP contribution in [0.1, 0.15) is 16.1 Å². The quantitative estimate of drug-likeness (QED) is 0.668. The second kappa shape index (κ2) is 7.35. The van der Waals surface area contributed by atoms with Gasteiger partial charge in [-0.2, -0.15) is 18.5 Å². The van der Waals surface area contributed by atoms with Gasteiger partial charge in [0.2, 0.25) is 11.8 Å². The minimum Gasteiger partial charge on any atom is -0.481 e. The highest BCUT2D eigenvalue weighted by atomic mass is 32.2. The van der Waals surface area contributed by atoms with Gasteiger partial charge < -0.3 is 9.47 Å². The van der Waals surface area contributed by atoms with Crippen molar-refractivity contribution in [3.05, 3.63) is 23.5 Å². The summed E-state index contributed by atoms with van der Waals surface area (Å²) >= 11 is 0.